The summed E-state index contributed by atoms with van der Waals surface area (Å²) in [5, 5.41) is 8.95. The van der Waals surface area contributed by atoms with Crippen LogP contribution < -0.4 is 19.1 Å². The first-order chi connectivity index (χ1) is 16.6. The standard InChI is InChI=1S/C25H16ClN3O5/c26-15-7-5-14(6-8-15)23-28-27-22(34-23)11-29-18-4-2-1-3-16(18)25(24(29)30)12-31-19-10-21-20(9-17(19)25)32-13-33-21/h1-10H,11-13H2. The van der Waals surface area contributed by atoms with Crippen molar-refractivity contribution < 1.29 is 23.4 Å². The SMILES string of the molecule is O=C1N(Cc2nnc(-c3ccc(Cl)cc3)o2)c2ccccc2C12COc1cc3c(cc12)OCO3. The van der Waals surface area contributed by atoms with Crippen LogP contribution in [-0.2, 0) is 16.8 Å². The maximum Gasteiger partial charge on any atom is 0.247 e. The van der Waals surface area contributed by atoms with Crippen LogP contribution >= 0.6 is 11.6 Å². The van der Waals surface area contributed by atoms with Gasteiger partial charge in [-0.3, -0.25) is 4.79 Å². The number of halogens is 1. The minimum absolute atomic E-state index is 0.113. The van der Waals surface area contributed by atoms with E-state index >= 15 is 0 Å². The largest absolute Gasteiger partial charge is 0.491 e. The topological polar surface area (TPSA) is 86.9 Å². The Hall–Kier alpha value is -4.04. The van der Waals surface area contributed by atoms with E-state index in [1.54, 1.807) is 23.1 Å². The predicted octanol–water partition coefficient (Wildman–Crippen LogP) is 4.34. The van der Waals surface area contributed by atoms with Crippen molar-refractivity contribution in [1.29, 1.82) is 0 Å². The molecule has 1 spiro atoms. The lowest BCUT2D eigenvalue weighted by atomic mass is 9.77. The van der Waals surface area contributed by atoms with Crippen LogP contribution in [0.2, 0.25) is 5.02 Å². The average Bonchev–Trinajstić information content (AvgIpc) is 3.63. The molecule has 1 amide bonds. The van der Waals surface area contributed by atoms with Crippen molar-refractivity contribution in [3.8, 4) is 28.7 Å². The number of carbonyl (C=O) groups is 1. The van der Waals surface area contributed by atoms with Gasteiger partial charge in [0, 0.05) is 27.9 Å². The van der Waals surface area contributed by atoms with E-state index in [4.69, 9.17) is 30.2 Å². The molecule has 1 aromatic heterocycles. The molecule has 3 aliphatic heterocycles. The Morgan fingerprint density at radius 3 is 2.56 bits per heavy atom. The molecule has 0 fully saturated rings. The lowest BCUT2D eigenvalue weighted by Gasteiger charge is -2.22. The van der Waals surface area contributed by atoms with Crippen LogP contribution in [0.4, 0.5) is 5.69 Å². The first-order valence-electron chi connectivity index (χ1n) is 10.7. The van der Waals surface area contributed by atoms with Crippen LogP contribution in [0.25, 0.3) is 11.5 Å². The van der Waals surface area contributed by atoms with Gasteiger partial charge >= 0.3 is 0 Å². The zero-order valence-electron chi connectivity index (χ0n) is 17.7. The van der Waals surface area contributed by atoms with Crippen LogP contribution in [-0.4, -0.2) is 29.5 Å². The number of hydrogen-bond acceptors (Lipinski definition) is 7. The van der Waals surface area contributed by atoms with E-state index < -0.39 is 5.41 Å². The van der Waals surface area contributed by atoms with Crippen molar-refractivity contribution in [3.63, 3.8) is 0 Å². The smallest absolute Gasteiger partial charge is 0.247 e. The molecule has 0 N–H and O–H groups in total. The Morgan fingerprint density at radius 2 is 1.71 bits per heavy atom. The van der Waals surface area contributed by atoms with E-state index in [9.17, 15) is 4.79 Å². The minimum Gasteiger partial charge on any atom is -0.491 e. The molecule has 7 rings (SSSR count). The fourth-order valence-corrected chi connectivity index (χ4v) is 5.01. The lowest BCUT2D eigenvalue weighted by Crippen LogP contribution is -2.42. The van der Waals surface area contributed by atoms with Crippen LogP contribution in [0.15, 0.2) is 65.1 Å². The highest BCUT2D eigenvalue weighted by atomic mass is 35.5. The van der Waals surface area contributed by atoms with Crippen LogP contribution in [0.3, 0.4) is 0 Å². The van der Waals surface area contributed by atoms with Crippen molar-refractivity contribution in [2.24, 2.45) is 0 Å². The summed E-state index contributed by atoms with van der Waals surface area (Å²) in [4.78, 5) is 15.7. The summed E-state index contributed by atoms with van der Waals surface area (Å²) in [6.07, 6.45) is 0. The van der Waals surface area contributed by atoms with Gasteiger partial charge in [0.15, 0.2) is 11.5 Å². The number of aromatic nitrogens is 2. The first-order valence-corrected chi connectivity index (χ1v) is 11.1. The normalized spacial score (nSPS) is 19.4. The number of para-hydroxylation sites is 1. The van der Waals surface area contributed by atoms with E-state index in [1.165, 1.54) is 0 Å². The number of hydrogen-bond donors (Lipinski definition) is 0. The third-order valence-electron chi connectivity index (χ3n) is 6.50. The summed E-state index contributed by atoms with van der Waals surface area (Å²) >= 11 is 5.97. The second-order valence-corrected chi connectivity index (χ2v) is 8.75. The third-order valence-corrected chi connectivity index (χ3v) is 6.75. The summed E-state index contributed by atoms with van der Waals surface area (Å²) in [7, 11) is 0. The summed E-state index contributed by atoms with van der Waals surface area (Å²) < 4.78 is 23.0. The molecule has 4 heterocycles. The molecular weight excluding hydrogens is 458 g/mol. The number of nitrogens with zero attached hydrogens (tertiary/aromatic N) is 3. The second kappa shape index (κ2) is 6.98. The first kappa shape index (κ1) is 19.4. The summed E-state index contributed by atoms with van der Waals surface area (Å²) in [6, 6.07) is 18.5. The van der Waals surface area contributed by atoms with Crippen molar-refractivity contribution in [2.45, 2.75) is 12.0 Å². The van der Waals surface area contributed by atoms with Crippen molar-refractivity contribution >= 4 is 23.2 Å². The fourth-order valence-electron chi connectivity index (χ4n) is 4.88. The Morgan fingerprint density at radius 1 is 0.912 bits per heavy atom. The molecule has 3 aromatic carbocycles. The van der Waals surface area contributed by atoms with Crippen molar-refractivity contribution in [3.05, 3.63) is 82.7 Å². The molecule has 0 radical (unpaired) electrons. The summed E-state index contributed by atoms with van der Waals surface area (Å²) in [6.45, 7) is 0.477. The second-order valence-electron chi connectivity index (χ2n) is 8.31. The summed E-state index contributed by atoms with van der Waals surface area (Å²) in [5.74, 6) is 2.43. The van der Waals surface area contributed by atoms with E-state index in [1.807, 2.05) is 42.5 Å². The molecule has 0 saturated heterocycles. The van der Waals surface area contributed by atoms with Gasteiger partial charge < -0.3 is 23.5 Å². The number of benzene rings is 3. The van der Waals surface area contributed by atoms with E-state index in [0.29, 0.717) is 34.1 Å². The molecule has 3 aliphatic rings. The molecule has 0 aliphatic carbocycles. The zero-order valence-corrected chi connectivity index (χ0v) is 18.4. The highest BCUT2D eigenvalue weighted by molar-refractivity contribution is 6.30. The van der Waals surface area contributed by atoms with Gasteiger partial charge in [-0.05, 0) is 42.0 Å². The average molecular weight is 474 g/mol. The Kier molecular flexibility index (Phi) is 3.99. The molecular formula is C25H16ClN3O5. The molecule has 9 heteroatoms. The zero-order chi connectivity index (χ0) is 22.9. The lowest BCUT2D eigenvalue weighted by molar-refractivity contribution is -0.122. The fraction of sp³-hybridized carbons (Fsp3) is 0.160. The molecule has 4 aromatic rings. The number of carbonyl (C=O) groups excluding carboxylic acids is 1. The van der Waals surface area contributed by atoms with E-state index in [0.717, 1.165) is 22.4 Å². The van der Waals surface area contributed by atoms with Gasteiger partial charge in [0.05, 0.1) is 0 Å². The quantitative estimate of drug-likeness (QED) is 0.437. The van der Waals surface area contributed by atoms with Crippen LogP contribution in [0, 0.1) is 0 Å². The van der Waals surface area contributed by atoms with Crippen LogP contribution in [0.5, 0.6) is 17.2 Å². The number of anilines is 1. The molecule has 1 unspecified atom stereocenters. The van der Waals surface area contributed by atoms with Gasteiger partial charge in [0.25, 0.3) is 0 Å². The van der Waals surface area contributed by atoms with Gasteiger partial charge in [0.2, 0.25) is 24.5 Å². The summed E-state index contributed by atoms with van der Waals surface area (Å²) in [5.41, 5.74) is 2.19. The minimum atomic E-state index is -0.980. The third kappa shape index (κ3) is 2.63. The van der Waals surface area contributed by atoms with Gasteiger partial charge in [-0.2, -0.15) is 0 Å². The molecule has 8 nitrogen and oxygen atoms in total. The van der Waals surface area contributed by atoms with Crippen molar-refractivity contribution in [1.82, 2.24) is 10.2 Å². The predicted molar refractivity (Wildman–Crippen MR) is 121 cm³/mol. The number of amides is 1. The van der Waals surface area contributed by atoms with Gasteiger partial charge in [-0.1, -0.05) is 29.8 Å². The van der Waals surface area contributed by atoms with Gasteiger partial charge in [0.1, 0.15) is 24.3 Å². The highest BCUT2D eigenvalue weighted by Crippen LogP contribution is 2.55. The number of fused-ring (bicyclic) bond motifs is 5. The molecule has 34 heavy (non-hydrogen) atoms. The van der Waals surface area contributed by atoms with Gasteiger partial charge in [-0.25, -0.2) is 0 Å². The molecule has 0 saturated carbocycles. The Labute approximate surface area is 198 Å². The van der Waals surface area contributed by atoms with Crippen LogP contribution in [0.1, 0.15) is 17.0 Å². The van der Waals surface area contributed by atoms with Gasteiger partial charge in [-0.15, -0.1) is 10.2 Å². The Balaban J connectivity index is 1.28. The molecule has 168 valence electrons. The van der Waals surface area contributed by atoms with Crippen molar-refractivity contribution in [2.75, 3.05) is 18.3 Å². The monoisotopic (exact) mass is 473 g/mol. The molecule has 0 bridgehead atoms. The maximum absolute atomic E-state index is 14.0. The highest BCUT2D eigenvalue weighted by Gasteiger charge is 2.57. The Bertz CT molecular complexity index is 1470. The number of rotatable bonds is 3. The number of ether oxygens (including phenoxy) is 3. The maximum atomic E-state index is 14.0. The molecule has 1 atom stereocenters. The van der Waals surface area contributed by atoms with E-state index in [2.05, 4.69) is 10.2 Å². The van der Waals surface area contributed by atoms with E-state index in [-0.39, 0.29) is 25.9 Å².